The van der Waals surface area contributed by atoms with Gasteiger partial charge in [0.25, 0.3) is 5.88 Å². The second-order valence-electron chi connectivity index (χ2n) is 7.88. The second-order valence-corrected chi connectivity index (χ2v) is 8.40. The summed E-state index contributed by atoms with van der Waals surface area (Å²) in [5.74, 6) is 0.624. The van der Waals surface area contributed by atoms with Crippen LogP contribution in [0.15, 0.2) is 6.08 Å². The molecule has 2 rings (SSSR count). The summed E-state index contributed by atoms with van der Waals surface area (Å²) < 4.78 is 26.0. The van der Waals surface area contributed by atoms with E-state index in [4.69, 9.17) is 14.2 Å². The van der Waals surface area contributed by atoms with Crippen LogP contribution in [0.3, 0.4) is 0 Å². The highest BCUT2D eigenvalue weighted by Gasteiger charge is 2.37. The lowest BCUT2D eigenvalue weighted by Gasteiger charge is -2.41. The van der Waals surface area contributed by atoms with Crippen molar-refractivity contribution in [2.75, 3.05) is 33.4 Å². The Labute approximate surface area is 179 Å². The van der Waals surface area contributed by atoms with E-state index in [-0.39, 0.29) is 6.23 Å². The largest absolute Gasteiger partial charge is 0.512 e. The number of ether oxygens (including phenoxy) is 3. The van der Waals surface area contributed by atoms with E-state index in [1.54, 1.807) is 0 Å². The molecule has 29 heavy (non-hydrogen) atoms. The number of hydrogen-bond acceptors (Lipinski definition) is 7. The van der Waals surface area contributed by atoms with E-state index in [0.717, 1.165) is 43.5 Å². The Morgan fingerprint density at radius 2 is 1.97 bits per heavy atom. The molecule has 7 nitrogen and oxygen atoms in total. The van der Waals surface area contributed by atoms with Gasteiger partial charge in [0.2, 0.25) is 6.23 Å². The molecule has 8 heteroatoms. The van der Waals surface area contributed by atoms with Gasteiger partial charge in [-0.3, -0.25) is 4.48 Å². The monoisotopic (exact) mass is 426 g/mol. The molecule has 1 aromatic rings. The minimum atomic E-state index is -0.590. The van der Waals surface area contributed by atoms with Gasteiger partial charge in [-0.2, -0.15) is 4.37 Å². The van der Waals surface area contributed by atoms with E-state index in [9.17, 15) is 4.79 Å². The average molecular weight is 427 g/mol. The lowest BCUT2D eigenvalue weighted by molar-refractivity contribution is -0.944. The number of hydrogen-bond donors (Lipinski definition) is 0. The third-order valence-electron chi connectivity index (χ3n) is 5.42. The fourth-order valence-electron chi connectivity index (χ4n) is 3.32. The molecule has 1 aliphatic heterocycles. The van der Waals surface area contributed by atoms with Crippen LogP contribution in [-0.2, 0) is 9.47 Å². The van der Waals surface area contributed by atoms with Crippen LogP contribution < -0.4 is 4.74 Å². The highest BCUT2D eigenvalue weighted by atomic mass is 32.1. The lowest BCUT2D eigenvalue weighted by Crippen LogP contribution is -2.55. The first-order valence-corrected chi connectivity index (χ1v) is 11.6. The Morgan fingerprint density at radius 3 is 2.72 bits per heavy atom. The standard InChI is InChI=1S/C21H36N3O4S/c1-5-7-9-10-15-26-20-19(22-29-23-20)18-12-11-13-24(4,16-18)17(3)28-21(25)27-14-8-6-2/h12,17H,5-11,13-16H2,1-4H3/q+1/t17-,24?/m0/s1. The normalized spacial score (nSPS) is 20.1. The molecule has 164 valence electrons. The summed E-state index contributed by atoms with van der Waals surface area (Å²) in [7, 11) is 2.10. The summed E-state index contributed by atoms with van der Waals surface area (Å²) in [5.41, 5.74) is 1.93. The molecule has 0 amide bonds. The van der Waals surface area contributed by atoms with E-state index < -0.39 is 6.16 Å². The Bertz CT molecular complexity index is 664. The maximum absolute atomic E-state index is 12.0. The predicted octanol–water partition coefficient (Wildman–Crippen LogP) is 5.03. The van der Waals surface area contributed by atoms with Crippen LogP contribution in [0.5, 0.6) is 5.88 Å². The quantitative estimate of drug-likeness (QED) is 0.265. The Balaban J connectivity index is 1.93. The fraction of sp³-hybridized carbons (Fsp3) is 0.762. The number of quaternary nitrogens is 1. The fourth-order valence-corrected chi connectivity index (χ4v) is 3.85. The number of aromatic nitrogens is 2. The summed E-state index contributed by atoms with van der Waals surface area (Å²) in [6.45, 7) is 8.85. The Morgan fingerprint density at radius 1 is 1.17 bits per heavy atom. The molecule has 0 N–H and O–H groups in total. The molecule has 2 heterocycles. The molecule has 0 fully saturated rings. The molecule has 1 unspecified atom stereocenters. The first-order chi connectivity index (χ1) is 14.0. The first kappa shape index (κ1) is 23.6. The highest BCUT2D eigenvalue weighted by molar-refractivity contribution is 6.99. The van der Waals surface area contributed by atoms with E-state index >= 15 is 0 Å². The molecule has 0 bridgehead atoms. The van der Waals surface area contributed by atoms with Crippen molar-refractivity contribution < 1.29 is 23.5 Å². The molecular weight excluding hydrogens is 390 g/mol. The molecule has 0 saturated heterocycles. The van der Waals surface area contributed by atoms with Crippen molar-refractivity contribution >= 4 is 23.5 Å². The molecule has 0 aliphatic carbocycles. The van der Waals surface area contributed by atoms with Crippen molar-refractivity contribution in [2.24, 2.45) is 0 Å². The van der Waals surface area contributed by atoms with E-state index in [1.807, 2.05) is 6.92 Å². The maximum Gasteiger partial charge on any atom is 0.512 e. The number of carbonyl (C=O) groups excluding carboxylic acids is 1. The molecular formula is C21H36N3O4S+. The SMILES string of the molecule is CCCCCCOc1nsnc1C1=CCC[N+](C)([C@H](C)OC(=O)OCCCC)C1. The predicted molar refractivity (Wildman–Crippen MR) is 115 cm³/mol. The summed E-state index contributed by atoms with van der Waals surface area (Å²) in [6.07, 6.45) is 8.66. The van der Waals surface area contributed by atoms with Crippen LogP contribution in [0.25, 0.3) is 5.57 Å². The van der Waals surface area contributed by atoms with E-state index in [2.05, 4.69) is 35.7 Å². The number of rotatable bonds is 12. The van der Waals surface area contributed by atoms with Crippen LogP contribution in [0.1, 0.15) is 71.4 Å². The van der Waals surface area contributed by atoms with Gasteiger partial charge < -0.3 is 14.2 Å². The van der Waals surface area contributed by atoms with Gasteiger partial charge in [-0.1, -0.05) is 45.6 Å². The van der Waals surface area contributed by atoms with Crippen molar-refractivity contribution in [1.29, 1.82) is 0 Å². The van der Waals surface area contributed by atoms with Gasteiger partial charge in [0, 0.05) is 18.9 Å². The van der Waals surface area contributed by atoms with Gasteiger partial charge in [-0.15, -0.1) is 4.37 Å². The van der Waals surface area contributed by atoms with Crippen molar-refractivity contribution in [1.82, 2.24) is 8.75 Å². The molecule has 0 radical (unpaired) electrons. The topological polar surface area (TPSA) is 70.5 Å². The third-order valence-corrected chi connectivity index (χ3v) is 5.94. The summed E-state index contributed by atoms with van der Waals surface area (Å²) >= 11 is 1.18. The molecule has 2 atom stereocenters. The van der Waals surface area contributed by atoms with Crippen molar-refractivity contribution in [3.63, 3.8) is 0 Å². The molecule has 0 saturated carbocycles. The van der Waals surface area contributed by atoms with E-state index in [1.165, 1.54) is 31.0 Å². The van der Waals surface area contributed by atoms with Crippen LogP contribution in [0, 0.1) is 0 Å². The van der Waals surface area contributed by atoms with Gasteiger partial charge in [0.1, 0.15) is 12.2 Å². The van der Waals surface area contributed by atoms with Crippen LogP contribution in [0.4, 0.5) is 4.79 Å². The second kappa shape index (κ2) is 12.1. The zero-order chi connectivity index (χ0) is 21.1. The Kier molecular flexibility index (Phi) is 9.87. The smallest absolute Gasteiger partial charge is 0.475 e. The summed E-state index contributed by atoms with van der Waals surface area (Å²) in [5, 5.41) is 0. The van der Waals surface area contributed by atoms with Crippen molar-refractivity contribution in [2.45, 2.75) is 71.9 Å². The summed E-state index contributed by atoms with van der Waals surface area (Å²) in [4.78, 5) is 12.0. The number of nitrogens with zero attached hydrogens (tertiary/aromatic N) is 3. The van der Waals surface area contributed by atoms with Gasteiger partial charge in [-0.05, 0) is 12.8 Å². The van der Waals surface area contributed by atoms with Crippen molar-refractivity contribution in [3.8, 4) is 5.88 Å². The zero-order valence-electron chi connectivity index (χ0n) is 18.3. The van der Waals surface area contributed by atoms with Gasteiger partial charge >= 0.3 is 6.16 Å². The Hall–Kier alpha value is -1.67. The minimum absolute atomic E-state index is 0.308. The number of carbonyl (C=O) groups is 1. The molecule has 1 aromatic heterocycles. The molecule has 0 aromatic carbocycles. The van der Waals surface area contributed by atoms with Gasteiger partial charge in [-0.25, -0.2) is 4.79 Å². The lowest BCUT2D eigenvalue weighted by atomic mass is 10.0. The van der Waals surface area contributed by atoms with E-state index in [0.29, 0.717) is 30.1 Å². The van der Waals surface area contributed by atoms with Gasteiger partial charge in [0.05, 0.1) is 38.5 Å². The zero-order valence-corrected chi connectivity index (χ0v) is 19.1. The maximum atomic E-state index is 12.0. The van der Waals surface area contributed by atoms with Crippen LogP contribution in [-0.4, -0.2) is 59.0 Å². The van der Waals surface area contributed by atoms with Gasteiger partial charge in [0.15, 0.2) is 0 Å². The highest BCUT2D eigenvalue weighted by Crippen LogP contribution is 2.31. The summed E-state index contributed by atoms with van der Waals surface area (Å²) in [6, 6.07) is 0. The number of likely N-dealkylation sites (N-methyl/N-ethyl adjacent to an activating group) is 1. The first-order valence-electron chi connectivity index (χ1n) is 10.8. The molecule has 1 aliphatic rings. The average Bonchev–Trinajstić information content (AvgIpc) is 3.16. The van der Waals surface area contributed by atoms with Crippen molar-refractivity contribution in [3.05, 3.63) is 11.8 Å². The van der Waals surface area contributed by atoms with Crippen LogP contribution >= 0.6 is 11.7 Å². The minimum Gasteiger partial charge on any atom is -0.475 e. The molecule has 0 spiro atoms. The van der Waals surface area contributed by atoms with Crippen LogP contribution in [0.2, 0.25) is 0 Å². The number of unbranched alkanes of at least 4 members (excludes halogenated alkanes) is 4. The third kappa shape index (κ3) is 7.26.